The number of halogens is 1. The van der Waals surface area contributed by atoms with Crippen LogP contribution in [0.3, 0.4) is 0 Å². The van der Waals surface area contributed by atoms with Crippen LogP contribution in [0.4, 0.5) is 25.8 Å². The number of carbonyl (C=O) groups excluding carboxylic acids is 1. The van der Waals surface area contributed by atoms with Gasteiger partial charge in [-0.3, -0.25) is 5.32 Å². The van der Waals surface area contributed by atoms with Crippen molar-refractivity contribution < 1.29 is 18.7 Å². The standard InChI is InChI=1S/C32H35FN8O3S/c1-40-11-13-41(14-12-40)10-5-15-44-28-18-26-23(17-27(28)43-2)30(36-20-35-26)37-22-8-9-25-29(16-22)45-32(38-25)39-31(42)34-19-21-6-3-4-7-24(21)33/h3-4,6-9,16-18,20H,5,10-15,19H2,1-2H3,(H,35,36,37)(H2,34,38,39,42). The van der Waals surface area contributed by atoms with Gasteiger partial charge in [-0.2, -0.15) is 0 Å². The fourth-order valence-corrected chi connectivity index (χ4v) is 6.03. The first-order valence-corrected chi connectivity index (χ1v) is 15.6. The molecule has 0 spiro atoms. The monoisotopic (exact) mass is 630 g/mol. The highest BCUT2D eigenvalue weighted by atomic mass is 32.1. The van der Waals surface area contributed by atoms with Gasteiger partial charge in [0.2, 0.25) is 0 Å². The first-order valence-electron chi connectivity index (χ1n) is 14.8. The molecule has 234 valence electrons. The highest BCUT2D eigenvalue weighted by Crippen LogP contribution is 2.36. The number of anilines is 3. The Labute approximate surface area is 264 Å². The summed E-state index contributed by atoms with van der Waals surface area (Å²) >= 11 is 1.33. The van der Waals surface area contributed by atoms with Crippen molar-refractivity contribution in [3.8, 4) is 11.5 Å². The maximum absolute atomic E-state index is 13.9. The Bertz CT molecular complexity index is 1790. The second kappa shape index (κ2) is 14.0. The minimum absolute atomic E-state index is 0.0691. The molecule has 0 unspecified atom stereocenters. The average Bonchev–Trinajstić information content (AvgIpc) is 3.44. The van der Waals surface area contributed by atoms with Crippen LogP contribution >= 0.6 is 11.3 Å². The molecular weight excluding hydrogens is 595 g/mol. The smallest absolute Gasteiger partial charge is 0.321 e. The number of fused-ring (bicyclic) bond motifs is 2. The molecule has 5 aromatic rings. The van der Waals surface area contributed by atoms with Crippen molar-refractivity contribution in [1.29, 1.82) is 0 Å². The van der Waals surface area contributed by atoms with E-state index in [2.05, 4.69) is 47.7 Å². The van der Waals surface area contributed by atoms with Crippen molar-refractivity contribution in [2.24, 2.45) is 0 Å². The van der Waals surface area contributed by atoms with Gasteiger partial charge in [0.1, 0.15) is 18.0 Å². The number of hydrogen-bond donors (Lipinski definition) is 3. The third-order valence-corrected chi connectivity index (χ3v) is 8.60. The topological polar surface area (TPSA) is 117 Å². The number of urea groups is 1. The zero-order valence-corrected chi connectivity index (χ0v) is 26.0. The van der Waals surface area contributed by atoms with Crippen LogP contribution in [-0.2, 0) is 6.54 Å². The van der Waals surface area contributed by atoms with Crippen molar-refractivity contribution in [2.75, 3.05) is 64.1 Å². The van der Waals surface area contributed by atoms with Gasteiger partial charge in [-0.15, -0.1) is 0 Å². The maximum Gasteiger partial charge on any atom is 0.321 e. The van der Waals surface area contributed by atoms with E-state index in [4.69, 9.17) is 9.47 Å². The average molecular weight is 631 g/mol. The van der Waals surface area contributed by atoms with Gasteiger partial charge in [-0.25, -0.2) is 24.1 Å². The number of hydrogen-bond acceptors (Lipinski definition) is 10. The lowest BCUT2D eigenvalue weighted by molar-refractivity contribution is 0.145. The summed E-state index contributed by atoms with van der Waals surface area (Å²) in [5, 5.41) is 10.0. The van der Waals surface area contributed by atoms with Gasteiger partial charge < -0.3 is 29.9 Å². The van der Waals surface area contributed by atoms with Crippen LogP contribution in [-0.4, -0.2) is 84.3 Å². The van der Waals surface area contributed by atoms with E-state index in [1.165, 1.54) is 23.7 Å². The van der Waals surface area contributed by atoms with Gasteiger partial charge in [0, 0.05) is 62.0 Å². The molecular formula is C32H35FN8O3S. The van der Waals surface area contributed by atoms with Crippen molar-refractivity contribution in [2.45, 2.75) is 13.0 Å². The molecule has 0 aliphatic carbocycles. The van der Waals surface area contributed by atoms with E-state index in [1.54, 1.807) is 25.3 Å². The summed E-state index contributed by atoms with van der Waals surface area (Å²) in [5.74, 6) is 1.52. The normalized spacial score (nSPS) is 14.0. The summed E-state index contributed by atoms with van der Waals surface area (Å²) in [6.07, 6.45) is 2.44. The van der Waals surface area contributed by atoms with Gasteiger partial charge in [-0.05, 0) is 43.8 Å². The lowest BCUT2D eigenvalue weighted by Crippen LogP contribution is -2.44. The zero-order valence-electron chi connectivity index (χ0n) is 25.2. The van der Waals surface area contributed by atoms with Crippen molar-refractivity contribution in [3.63, 3.8) is 0 Å². The number of nitrogens with one attached hydrogen (secondary N) is 3. The molecule has 45 heavy (non-hydrogen) atoms. The number of methoxy groups -OCH3 is 1. The molecule has 1 saturated heterocycles. The van der Waals surface area contributed by atoms with Crippen LogP contribution in [0.5, 0.6) is 11.5 Å². The Morgan fingerprint density at radius 3 is 2.69 bits per heavy atom. The number of rotatable bonds is 11. The highest BCUT2D eigenvalue weighted by molar-refractivity contribution is 7.22. The first kappa shape index (κ1) is 30.4. The van der Waals surface area contributed by atoms with Crippen LogP contribution in [0, 0.1) is 5.82 Å². The Kier molecular flexibility index (Phi) is 9.48. The molecule has 0 saturated carbocycles. The van der Waals surface area contributed by atoms with Crippen LogP contribution in [0.25, 0.3) is 21.1 Å². The van der Waals surface area contributed by atoms with E-state index in [0.29, 0.717) is 34.6 Å². The maximum atomic E-state index is 13.9. The summed E-state index contributed by atoms with van der Waals surface area (Å²) in [4.78, 5) is 30.7. The van der Waals surface area contributed by atoms with Crippen LogP contribution < -0.4 is 25.4 Å². The Morgan fingerprint density at radius 2 is 1.87 bits per heavy atom. The predicted molar refractivity (Wildman–Crippen MR) is 175 cm³/mol. The van der Waals surface area contributed by atoms with Gasteiger partial charge in [0.15, 0.2) is 16.6 Å². The second-order valence-corrected chi connectivity index (χ2v) is 11.8. The SMILES string of the molecule is COc1cc2c(Nc3ccc4nc(NC(=O)NCc5ccccc5F)sc4c3)ncnc2cc1OCCCN1CCN(C)CC1. The Hall–Kier alpha value is -4.59. The van der Waals surface area contributed by atoms with E-state index in [0.717, 1.165) is 66.0 Å². The number of likely N-dealkylation sites (N-methyl/N-ethyl adjacent to an activating group) is 1. The van der Waals surface area contributed by atoms with Crippen molar-refractivity contribution in [1.82, 2.24) is 30.1 Å². The molecule has 2 amide bonds. The van der Waals surface area contributed by atoms with Gasteiger partial charge >= 0.3 is 6.03 Å². The van der Waals surface area contributed by atoms with E-state index < -0.39 is 6.03 Å². The Morgan fingerprint density at radius 1 is 1.02 bits per heavy atom. The lowest BCUT2D eigenvalue weighted by atomic mass is 10.2. The largest absolute Gasteiger partial charge is 0.493 e. The third kappa shape index (κ3) is 7.56. The molecule has 1 fully saturated rings. The molecule has 3 aromatic carbocycles. The predicted octanol–water partition coefficient (Wildman–Crippen LogP) is 5.47. The fraction of sp³-hybridized carbons (Fsp3) is 0.312. The molecule has 6 rings (SSSR count). The number of piperazine rings is 1. The molecule has 0 radical (unpaired) electrons. The van der Waals surface area contributed by atoms with Crippen LogP contribution in [0.1, 0.15) is 12.0 Å². The Balaban J connectivity index is 1.10. The summed E-state index contributed by atoms with van der Waals surface area (Å²) in [6.45, 7) is 6.04. The summed E-state index contributed by atoms with van der Waals surface area (Å²) < 4.78 is 26.5. The number of ether oxygens (including phenoxy) is 2. The minimum atomic E-state index is -0.463. The molecule has 1 aliphatic rings. The molecule has 0 bridgehead atoms. The van der Waals surface area contributed by atoms with E-state index >= 15 is 0 Å². The number of aromatic nitrogens is 3. The van der Waals surface area contributed by atoms with E-state index in [-0.39, 0.29) is 12.4 Å². The number of benzene rings is 3. The van der Waals surface area contributed by atoms with Crippen LogP contribution in [0.2, 0.25) is 0 Å². The van der Waals surface area contributed by atoms with Crippen LogP contribution in [0.15, 0.2) is 60.9 Å². The quantitative estimate of drug-likeness (QED) is 0.163. The molecule has 11 nitrogen and oxygen atoms in total. The highest BCUT2D eigenvalue weighted by Gasteiger charge is 2.15. The fourth-order valence-electron chi connectivity index (χ4n) is 5.13. The molecule has 3 N–H and O–H groups in total. The van der Waals surface area contributed by atoms with E-state index in [9.17, 15) is 9.18 Å². The van der Waals surface area contributed by atoms with Gasteiger partial charge in [-0.1, -0.05) is 29.5 Å². The van der Waals surface area contributed by atoms with Gasteiger partial charge in [0.05, 0.1) is 29.5 Å². The number of thiazole rings is 1. The summed E-state index contributed by atoms with van der Waals surface area (Å²) in [6, 6.07) is 15.3. The molecule has 2 aromatic heterocycles. The number of nitrogens with zero attached hydrogens (tertiary/aromatic N) is 5. The molecule has 3 heterocycles. The first-order chi connectivity index (χ1) is 21.9. The lowest BCUT2D eigenvalue weighted by Gasteiger charge is -2.32. The molecule has 0 atom stereocenters. The minimum Gasteiger partial charge on any atom is -0.493 e. The number of amides is 2. The number of carbonyl (C=O) groups is 1. The summed E-state index contributed by atoms with van der Waals surface area (Å²) in [7, 11) is 3.78. The van der Waals surface area contributed by atoms with Crippen molar-refractivity contribution in [3.05, 3.63) is 72.3 Å². The third-order valence-electron chi connectivity index (χ3n) is 7.66. The molecule has 13 heteroatoms. The second-order valence-electron chi connectivity index (χ2n) is 10.8. The van der Waals surface area contributed by atoms with E-state index in [1.807, 2.05) is 30.3 Å². The van der Waals surface area contributed by atoms with Crippen molar-refractivity contribution >= 4 is 55.1 Å². The van der Waals surface area contributed by atoms with Gasteiger partial charge in [0.25, 0.3) is 0 Å². The zero-order chi connectivity index (χ0) is 31.2. The molecule has 1 aliphatic heterocycles. The summed E-state index contributed by atoms with van der Waals surface area (Å²) in [5.41, 5.74) is 2.67.